The number of carboxylic acid groups (broad SMARTS) is 1. The molecule has 34 heavy (non-hydrogen) atoms. The number of nitrogens with one attached hydrogen (secondary N) is 1. The van der Waals surface area contributed by atoms with Gasteiger partial charge in [0.1, 0.15) is 18.1 Å². The van der Waals surface area contributed by atoms with Crippen LogP contribution in [0.25, 0.3) is 11.1 Å². The van der Waals surface area contributed by atoms with Gasteiger partial charge in [0.05, 0.1) is 0 Å². The number of nitrogens with zero attached hydrogens (tertiary/aromatic N) is 1. The number of alkyl carbamates (subject to hydrolysis) is 1. The third-order valence-electron chi connectivity index (χ3n) is 7.53. The maximum Gasteiger partial charge on any atom is 0.407 e. The molecule has 180 valence electrons. The SMILES string of the molecule is CC[C@H](C)[C@H](NC(=O)OCC1c2ccccc2-c2ccccc21)C(=O)N1CC(CC)(C(=O)O)C1. The van der Waals surface area contributed by atoms with E-state index in [1.807, 2.05) is 45.0 Å². The first-order valence-corrected chi connectivity index (χ1v) is 11.9. The quantitative estimate of drug-likeness (QED) is 0.609. The van der Waals surface area contributed by atoms with Crippen molar-refractivity contribution in [1.82, 2.24) is 10.2 Å². The summed E-state index contributed by atoms with van der Waals surface area (Å²) >= 11 is 0. The summed E-state index contributed by atoms with van der Waals surface area (Å²) in [5.41, 5.74) is 3.65. The Morgan fingerprint density at radius 3 is 2.12 bits per heavy atom. The monoisotopic (exact) mass is 464 g/mol. The molecule has 7 heteroatoms. The van der Waals surface area contributed by atoms with Crippen LogP contribution < -0.4 is 5.32 Å². The van der Waals surface area contributed by atoms with E-state index in [0.29, 0.717) is 12.8 Å². The van der Waals surface area contributed by atoms with E-state index in [4.69, 9.17) is 4.74 Å². The molecule has 2 aliphatic rings. The summed E-state index contributed by atoms with van der Waals surface area (Å²) in [6.45, 7) is 6.17. The molecule has 0 radical (unpaired) electrons. The molecule has 2 amide bonds. The van der Waals surface area contributed by atoms with Gasteiger partial charge in [0, 0.05) is 19.0 Å². The van der Waals surface area contributed by atoms with E-state index in [-0.39, 0.29) is 37.4 Å². The number of aliphatic carboxylic acids is 1. The van der Waals surface area contributed by atoms with E-state index in [0.717, 1.165) is 22.3 Å². The molecule has 0 saturated carbocycles. The molecule has 1 aliphatic carbocycles. The van der Waals surface area contributed by atoms with E-state index >= 15 is 0 Å². The number of likely N-dealkylation sites (tertiary alicyclic amines) is 1. The smallest absolute Gasteiger partial charge is 0.407 e. The van der Waals surface area contributed by atoms with Crippen LogP contribution in [0.1, 0.15) is 50.7 Å². The third kappa shape index (κ3) is 4.15. The molecular formula is C27H32N2O5. The lowest BCUT2D eigenvalue weighted by Gasteiger charge is -2.48. The number of carbonyl (C=O) groups excluding carboxylic acids is 2. The van der Waals surface area contributed by atoms with Gasteiger partial charge in [-0.1, -0.05) is 75.7 Å². The van der Waals surface area contributed by atoms with Gasteiger partial charge in [-0.15, -0.1) is 0 Å². The van der Waals surface area contributed by atoms with Gasteiger partial charge in [-0.25, -0.2) is 4.79 Å². The maximum atomic E-state index is 13.1. The molecular weight excluding hydrogens is 432 g/mol. The van der Waals surface area contributed by atoms with Crippen molar-refractivity contribution < 1.29 is 24.2 Å². The first-order valence-electron chi connectivity index (χ1n) is 11.9. The highest BCUT2D eigenvalue weighted by molar-refractivity contribution is 5.89. The van der Waals surface area contributed by atoms with Gasteiger partial charge < -0.3 is 20.1 Å². The number of benzene rings is 2. The molecule has 0 bridgehead atoms. The fraction of sp³-hybridized carbons (Fsp3) is 0.444. The van der Waals surface area contributed by atoms with Crippen LogP contribution in [-0.2, 0) is 14.3 Å². The fourth-order valence-corrected chi connectivity index (χ4v) is 5.00. The Bertz CT molecular complexity index is 1050. The van der Waals surface area contributed by atoms with Crippen molar-refractivity contribution in [1.29, 1.82) is 0 Å². The lowest BCUT2D eigenvalue weighted by molar-refractivity contribution is -0.167. The molecule has 1 aliphatic heterocycles. The number of amides is 2. The number of carboxylic acids is 1. The molecule has 2 atom stereocenters. The van der Waals surface area contributed by atoms with Gasteiger partial charge in [0.2, 0.25) is 5.91 Å². The predicted octanol–water partition coefficient (Wildman–Crippen LogP) is 4.26. The average molecular weight is 465 g/mol. The molecule has 7 nitrogen and oxygen atoms in total. The van der Waals surface area contributed by atoms with Crippen LogP contribution in [0.4, 0.5) is 4.79 Å². The zero-order valence-electron chi connectivity index (χ0n) is 19.9. The van der Waals surface area contributed by atoms with Crippen LogP contribution in [0.3, 0.4) is 0 Å². The third-order valence-corrected chi connectivity index (χ3v) is 7.53. The van der Waals surface area contributed by atoms with Crippen LogP contribution in [-0.4, -0.2) is 53.7 Å². The number of carbonyl (C=O) groups is 3. The first kappa shape index (κ1) is 23.8. The number of rotatable bonds is 8. The fourth-order valence-electron chi connectivity index (χ4n) is 5.00. The Morgan fingerprint density at radius 1 is 1.06 bits per heavy atom. The molecule has 0 spiro atoms. The molecule has 2 aromatic rings. The predicted molar refractivity (Wildman–Crippen MR) is 128 cm³/mol. The van der Waals surface area contributed by atoms with Gasteiger partial charge >= 0.3 is 12.1 Å². The second kappa shape index (κ2) is 9.49. The molecule has 2 N–H and O–H groups in total. The molecule has 0 unspecified atom stereocenters. The minimum atomic E-state index is -0.889. The van der Waals surface area contributed by atoms with Gasteiger partial charge in [-0.05, 0) is 34.6 Å². The lowest BCUT2D eigenvalue weighted by atomic mass is 9.76. The second-order valence-corrected chi connectivity index (χ2v) is 9.47. The summed E-state index contributed by atoms with van der Waals surface area (Å²) in [6, 6.07) is 15.5. The van der Waals surface area contributed by atoms with Crippen molar-refractivity contribution in [3.05, 3.63) is 59.7 Å². The summed E-state index contributed by atoms with van der Waals surface area (Å²) in [5.74, 6) is -1.32. The van der Waals surface area contributed by atoms with Crippen LogP contribution in [0, 0.1) is 11.3 Å². The highest BCUT2D eigenvalue weighted by Gasteiger charge is 2.51. The zero-order chi connectivity index (χ0) is 24.5. The minimum Gasteiger partial charge on any atom is -0.481 e. The van der Waals surface area contributed by atoms with Crippen LogP contribution in [0.15, 0.2) is 48.5 Å². The summed E-state index contributed by atoms with van der Waals surface area (Å²) < 4.78 is 5.63. The van der Waals surface area contributed by atoms with Gasteiger partial charge in [-0.3, -0.25) is 9.59 Å². The topological polar surface area (TPSA) is 95.9 Å². The Balaban J connectivity index is 1.42. The minimum absolute atomic E-state index is 0.0629. The van der Waals surface area contributed by atoms with E-state index < -0.39 is 23.5 Å². The molecule has 4 rings (SSSR count). The van der Waals surface area contributed by atoms with Crippen molar-refractivity contribution in [2.75, 3.05) is 19.7 Å². The normalized spacial score (nSPS) is 17.7. The Labute approximate surface area is 200 Å². The Morgan fingerprint density at radius 2 is 1.62 bits per heavy atom. The van der Waals surface area contributed by atoms with E-state index in [1.54, 1.807) is 0 Å². The summed E-state index contributed by atoms with van der Waals surface area (Å²) in [4.78, 5) is 39.0. The van der Waals surface area contributed by atoms with Gasteiger partial charge in [0.15, 0.2) is 0 Å². The van der Waals surface area contributed by atoms with E-state index in [9.17, 15) is 19.5 Å². The standard InChI is InChI=1S/C27H32N2O5/c1-4-17(3)23(24(30)29-15-27(5-2,16-29)25(31)32)28-26(33)34-14-22-20-12-8-6-10-18(20)19-11-7-9-13-21(19)22/h6-13,17,22-23H,4-5,14-16H2,1-3H3,(H,28,33)(H,31,32)/t17-,23-/m0/s1. The highest BCUT2D eigenvalue weighted by atomic mass is 16.5. The maximum absolute atomic E-state index is 13.1. The number of fused-ring (bicyclic) bond motifs is 3. The van der Waals surface area contributed by atoms with Crippen molar-refractivity contribution in [2.24, 2.45) is 11.3 Å². The molecule has 1 fully saturated rings. The average Bonchev–Trinajstić information content (AvgIpc) is 3.13. The number of hydrogen-bond acceptors (Lipinski definition) is 4. The second-order valence-electron chi connectivity index (χ2n) is 9.47. The van der Waals surface area contributed by atoms with Gasteiger partial charge in [-0.2, -0.15) is 0 Å². The van der Waals surface area contributed by atoms with Crippen LogP contribution in [0.2, 0.25) is 0 Å². The summed E-state index contributed by atoms with van der Waals surface area (Å²) in [6.07, 6.45) is 0.507. The van der Waals surface area contributed by atoms with E-state index in [1.165, 1.54) is 4.90 Å². The molecule has 0 aromatic heterocycles. The number of ether oxygens (including phenoxy) is 1. The van der Waals surface area contributed by atoms with Gasteiger partial charge in [0.25, 0.3) is 0 Å². The van der Waals surface area contributed by atoms with Crippen molar-refractivity contribution >= 4 is 18.0 Å². The summed E-state index contributed by atoms with van der Waals surface area (Å²) in [5, 5.41) is 12.3. The van der Waals surface area contributed by atoms with Crippen molar-refractivity contribution in [3.63, 3.8) is 0 Å². The largest absolute Gasteiger partial charge is 0.481 e. The summed E-state index contributed by atoms with van der Waals surface area (Å²) in [7, 11) is 0. The Kier molecular flexibility index (Phi) is 6.64. The van der Waals surface area contributed by atoms with Crippen LogP contribution in [0.5, 0.6) is 0 Å². The first-order chi connectivity index (χ1) is 16.3. The van der Waals surface area contributed by atoms with Crippen molar-refractivity contribution in [2.45, 2.75) is 45.6 Å². The van der Waals surface area contributed by atoms with Crippen LogP contribution >= 0.6 is 0 Å². The Hall–Kier alpha value is -3.35. The lowest BCUT2D eigenvalue weighted by Crippen LogP contribution is -2.65. The van der Waals surface area contributed by atoms with Crippen molar-refractivity contribution in [3.8, 4) is 11.1 Å². The zero-order valence-corrected chi connectivity index (χ0v) is 19.9. The highest BCUT2D eigenvalue weighted by Crippen LogP contribution is 2.44. The molecule has 1 heterocycles. The molecule has 2 aromatic carbocycles. The molecule has 1 saturated heterocycles. The number of hydrogen-bond donors (Lipinski definition) is 2. The van der Waals surface area contributed by atoms with E-state index in [2.05, 4.69) is 29.6 Å².